The lowest BCUT2D eigenvalue weighted by molar-refractivity contribution is 0.0325. The molecule has 5 rings (SSSR count). The van der Waals surface area contributed by atoms with E-state index in [1.54, 1.807) is 7.11 Å². The van der Waals surface area contributed by atoms with E-state index < -0.39 is 0 Å². The van der Waals surface area contributed by atoms with Crippen LogP contribution < -0.4 is 4.74 Å². The number of hydrogen-bond donors (Lipinski definition) is 0. The van der Waals surface area contributed by atoms with Crippen molar-refractivity contribution >= 4 is 6.09 Å². The lowest BCUT2D eigenvalue weighted by Crippen LogP contribution is -2.50. The largest absolute Gasteiger partial charge is 0.497 e. The highest BCUT2D eigenvalue weighted by atomic mass is 16.6. The molecule has 2 heterocycles. The summed E-state index contributed by atoms with van der Waals surface area (Å²) in [7, 11) is 1.66. The van der Waals surface area contributed by atoms with Crippen LogP contribution in [0.15, 0.2) is 66.7 Å². The molecule has 2 aromatic rings. The van der Waals surface area contributed by atoms with Gasteiger partial charge in [0.2, 0.25) is 0 Å². The SMILES string of the molecule is COc1ccc([C@@H]2[C@H]3C=C[C@@H](CC3)N2C(=O)OCc2ccccc2)cc1. The number of fused-ring (bicyclic) bond motifs is 2. The average molecular weight is 349 g/mol. The van der Waals surface area contributed by atoms with Crippen LogP contribution >= 0.6 is 0 Å². The predicted molar refractivity (Wildman–Crippen MR) is 99.9 cm³/mol. The Balaban J connectivity index is 1.55. The molecule has 4 heteroatoms. The zero-order valence-electron chi connectivity index (χ0n) is 14.9. The fourth-order valence-electron chi connectivity index (χ4n) is 3.99. The summed E-state index contributed by atoms with van der Waals surface area (Å²) < 4.78 is 10.9. The van der Waals surface area contributed by atoms with Gasteiger partial charge in [0.1, 0.15) is 12.4 Å². The van der Waals surface area contributed by atoms with Gasteiger partial charge in [0.25, 0.3) is 0 Å². The Bertz CT molecular complexity index is 785. The second-order valence-corrected chi connectivity index (χ2v) is 6.86. The molecule has 1 saturated heterocycles. The molecular weight excluding hydrogens is 326 g/mol. The van der Waals surface area contributed by atoms with Gasteiger partial charge in [-0.15, -0.1) is 0 Å². The number of rotatable bonds is 4. The third-order valence-corrected chi connectivity index (χ3v) is 5.31. The zero-order chi connectivity index (χ0) is 17.9. The summed E-state index contributed by atoms with van der Waals surface area (Å²) in [6.45, 7) is 0.298. The van der Waals surface area contributed by atoms with Crippen LogP contribution in [0.5, 0.6) is 5.75 Å². The van der Waals surface area contributed by atoms with Crippen molar-refractivity contribution in [2.45, 2.75) is 31.5 Å². The number of carbonyl (C=O) groups excluding carboxylic acids is 1. The third kappa shape index (κ3) is 3.19. The number of nitrogens with zero attached hydrogens (tertiary/aromatic N) is 1. The van der Waals surface area contributed by atoms with Crippen molar-refractivity contribution in [3.63, 3.8) is 0 Å². The van der Waals surface area contributed by atoms with Gasteiger partial charge in [-0.05, 0) is 36.1 Å². The number of hydrogen-bond acceptors (Lipinski definition) is 3. The minimum absolute atomic E-state index is 0.0212. The number of ether oxygens (including phenoxy) is 2. The maximum absolute atomic E-state index is 12.9. The van der Waals surface area contributed by atoms with Gasteiger partial charge < -0.3 is 9.47 Å². The monoisotopic (exact) mass is 349 g/mol. The molecule has 0 unspecified atom stereocenters. The number of amides is 1. The van der Waals surface area contributed by atoms with Crippen molar-refractivity contribution in [1.82, 2.24) is 4.90 Å². The molecule has 2 aromatic carbocycles. The summed E-state index contributed by atoms with van der Waals surface area (Å²) in [4.78, 5) is 14.8. The Kier molecular flexibility index (Phi) is 4.65. The molecule has 0 radical (unpaired) electrons. The van der Waals surface area contributed by atoms with Gasteiger partial charge in [0.05, 0.1) is 19.2 Å². The van der Waals surface area contributed by atoms with E-state index in [9.17, 15) is 4.79 Å². The van der Waals surface area contributed by atoms with Crippen LogP contribution in [0.25, 0.3) is 0 Å². The first-order valence-electron chi connectivity index (χ1n) is 9.07. The van der Waals surface area contributed by atoms with Crippen molar-refractivity contribution < 1.29 is 14.3 Å². The van der Waals surface area contributed by atoms with E-state index in [1.165, 1.54) is 0 Å². The summed E-state index contributed by atoms with van der Waals surface area (Å²) in [5, 5.41) is 0. The normalized spacial score (nSPS) is 23.7. The lowest BCUT2D eigenvalue weighted by atomic mass is 9.77. The molecule has 0 spiro atoms. The molecule has 3 aliphatic rings. The second-order valence-electron chi connectivity index (χ2n) is 6.86. The van der Waals surface area contributed by atoms with Crippen LogP contribution in [0.4, 0.5) is 4.79 Å². The summed E-state index contributed by atoms with van der Waals surface area (Å²) in [5.41, 5.74) is 2.13. The molecule has 3 atom stereocenters. The zero-order valence-corrected chi connectivity index (χ0v) is 14.9. The van der Waals surface area contributed by atoms with Crippen molar-refractivity contribution in [2.24, 2.45) is 5.92 Å². The Morgan fingerprint density at radius 3 is 2.46 bits per heavy atom. The summed E-state index contributed by atoms with van der Waals surface area (Å²) >= 11 is 0. The molecule has 134 valence electrons. The molecule has 1 aliphatic carbocycles. The van der Waals surface area contributed by atoms with E-state index in [-0.39, 0.29) is 18.2 Å². The Morgan fingerprint density at radius 2 is 1.81 bits per heavy atom. The van der Waals surface area contributed by atoms with Gasteiger partial charge in [0, 0.05) is 5.92 Å². The van der Waals surface area contributed by atoms with Gasteiger partial charge in [-0.2, -0.15) is 0 Å². The fraction of sp³-hybridized carbons (Fsp3) is 0.318. The molecule has 2 bridgehead atoms. The van der Waals surface area contributed by atoms with E-state index in [1.807, 2.05) is 47.4 Å². The molecule has 0 aromatic heterocycles. The lowest BCUT2D eigenvalue weighted by Gasteiger charge is -2.47. The molecular formula is C22H23NO3. The standard InChI is InChI=1S/C22H23NO3/c1-25-20-13-9-18(10-14-20)21-17-7-11-19(12-8-17)23(21)22(24)26-15-16-5-3-2-4-6-16/h2-7,9-11,13-14,17,19,21H,8,12,15H2,1H3/t17-,19-,21-/m0/s1. The van der Waals surface area contributed by atoms with Gasteiger partial charge in [-0.3, -0.25) is 4.90 Å². The Hall–Kier alpha value is -2.75. The number of carbonyl (C=O) groups is 1. The fourth-order valence-corrected chi connectivity index (χ4v) is 3.99. The first kappa shape index (κ1) is 16.7. The van der Waals surface area contributed by atoms with Gasteiger partial charge >= 0.3 is 6.09 Å². The van der Waals surface area contributed by atoms with E-state index in [0.717, 1.165) is 29.7 Å². The first-order valence-corrected chi connectivity index (χ1v) is 9.07. The minimum Gasteiger partial charge on any atom is -0.497 e. The van der Waals surface area contributed by atoms with Crippen molar-refractivity contribution in [2.75, 3.05) is 7.11 Å². The van der Waals surface area contributed by atoms with Gasteiger partial charge in [-0.1, -0.05) is 54.6 Å². The number of benzene rings is 2. The Morgan fingerprint density at radius 1 is 1.04 bits per heavy atom. The van der Waals surface area contributed by atoms with E-state index in [0.29, 0.717) is 12.5 Å². The summed E-state index contributed by atoms with van der Waals surface area (Å²) in [6.07, 6.45) is 6.25. The van der Waals surface area contributed by atoms with Crippen LogP contribution in [0.2, 0.25) is 0 Å². The Labute approximate surface area is 154 Å². The quantitative estimate of drug-likeness (QED) is 0.750. The van der Waals surface area contributed by atoms with Crippen molar-refractivity contribution in [3.8, 4) is 5.75 Å². The molecule has 26 heavy (non-hydrogen) atoms. The van der Waals surface area contributed by atoms with E-state index in [2.05, 4.69) is 24.3 Å². The van der Waals surface area contributed by atoms with Gasteiger partial charge in [-0.25, -0.2) is 4.79 Å². The van der Waals surface area contributed by atoms with Crippen LogP contribution in [0.1, 0.15) is 30.0 Å². The van der Waals surface area contributed by atoms with Gasteiger partial charge in [0.15, 0.2) is 0 Å². The molecule has 2 aliphatic heterocycles. The van der Waals surface area contributed by atoms with Crippen LogP contribution in [0, 0.1) is 5.92 Å². The highest BCUT2D eigenvalue weighted by Gasteiger charge is 2.42. The van der Waals surface area contributed by atoms with Crippen LogP contribution in [-0.2, 0) is 11.3 Å². The summed E-state index contributed by atoms with van der Waals surface area (Å²) in [5.74, 6) is 1.15. The molecule has 4 nitrogen and oxygen atoms in total. The molecule has 0 saturated carbocycles. The summed E-state index contributed by atoms with van der Waals surface area (Å²) in [6, 6.07) is 17.9. The smallest absolute Gasteiger partial charge is 0.411 e. The average Bonchev–Trinajstić information content (AvgIpc) is 2.73. The first-order chi connectivity index (χ1) is 12.8. The van der Waals surface area contributed by atoms with E-state index >= 15 is 0 Å². The predicted octanol–water partition coefficient (Wildman–Crippen LogP) is 4.72. The molecule has 1 amide bonds. The maximum Gasteiger partial charge on any atom is 0.411 e. The minimum atomic E-state index is -0.242. The van der Waals surface area contributed by atoms with Crippen LogP contribution in [-0.4, -0.2) is 24.1 Å². The van der Waals surface area contributed by atoms with Crippen LogP contribution in [0.3, 0.4) is 0 Å². The van der Waals surface area contributed by atoms with Crippen molar-refractivity contribution in [3.05, 3.63) is 77.9 Å². The molecule has 0 N–H and O–H groups in total. The highest BCUT2D eigenvalue weighted by molar-refractivity contribution is 5.70. The second kappa shape index (κ2) is 7.24. The maximum atomic E-state index is 12.9. The number of piperidine rings is 1. The van der Waals surface area contributed by atoms with E-state index in [4.69, 9.17) is 9.47 Å². The third-order valence-electron chi connectivity index (χ3n) is 5.31. The number of methoxy groups -OCH3 is 1. The molecule has 1 fully saturated rings. The van der Waals surface area contributed by atoms with Crippen molar-refractivity contribution in [1.29, 1.82) is 0 Å². The highest BCUT2D eigenvalue weighted by Crippen LogP contribution is 2.44. The topological polar surface area (TPSA) is 38.8 Å².